The second-order valence-electron chi connectivity index (χ2n) is 7.01. The minimum atomic E-state index is -1.71. The lowest BCUT2D eigenvalue weighted by atomic mass is 10.0. The van der Waals surface area contributed by atoms with Gasteiger partial charge in [0.15, 0.2) is 5.11 Å². The SMILES string of the molecule is O=C1NC(=S)N(c2ccc(Cl)cc2)C(=O)/C1=C\[C@H](O)C(O)[C@H](O)COCc1ccccc1. The van der Waals surface area contributed by atoms with E-state index in [9.17, 15) is 24.9 Å². The highest BCUT2D eigenvalue weighted by Crippen LogP contribution is 2.23. The van der Waals surface area contributed by atoms with Gasteiger partial charge in [-0.05, 0) is 48.1 Å². The Hall–Kier alpha value is -2.66. The van der Waals surface area contributed by atoms with Gasteiger partial charge in [-0.1, -0.05) is 41.9 Å². The van der Waals surface area contributed by atoms with Crippen LogP contribution in [0.25, 0.3) is 0 Å². The lowest BCUT2D eigenvalue weighted by Gasteiger charge is -2.29. The van der Waals surface area contributed by atoms with Gasteiger partial charge in [-0.25, -0.2) is 0 Å². The molecule has 1 heterocycles. The van der Waals surface area contributed by atoms with Crippen LogP contribution in [0.4, 0.5) is 5.69 Å². The second-order valence-corrected chi connectivity index (χ2v) is 7.83. The highest BCUT2D eigenvalue weighted by molar-refractivity contribution is 7.80. The van der Waals surface area contributed by atoms with Crippen molar-refractivity contribution in [2.24, 2.45) is 0 Å². The van der Waals surface area contributed by atoms with Crippen LogP contribution in [0.5, 0.6) is 0 Å². The molecule has 10 heteroatoms. The molecule has 168 valence electrons. The quantitative estimate of drug-likeness (QED) is 0.258. The maximum absolute atomic E-state index is 12.9. The van der Waals surface area contributed by atoms with Crippen LogP contribution in [0.2, 0.25) is 5.02 Å². The van der Waals surface area contributed by atoms with Crippen LogP contribution in [0.15, 0.2) is 66.2 Å². The van der Waals surface area contributed by atoms with Crippen LogP contribution in [0, 0.1) is 0 Å². The third kappa shape index (κ3) is 5.77. The summed E-state index contributed by atoms with van der Waals surface area (Å²) >= 11 is 11.0. The first-order chi connectivity index (χ1) is 15.3. The fourth-order valence-electron chi connectivity index (χ4n) is 2.97. The monoisotopic (exact) mass is 476 g/mol. The van der Waals surface area contributed by atoms with Crippen molar-refractivity contribution in [2.75, 3.05) is 11.5 Å². The van der Waals surface area contributed by atoms with Crippen molar-refractivity contribution < 1.29 is 29.6 Å². The van der Waals surface area contributed by atoms with Gasteiger partial charge in [-0.3, -0.25) is 19.8 Å². The van der Waals surface area contributed by atoms with Gasteiger partial charge in [0.25, 0.3) is 11.8 Å². The van der Waals surface area contributed by atoms with E-state index in [2.05, 4.69) is 5.32 Å². The molecule has 8 nitrogen and oxygen atoms in total. The Kier molecular flexibility index (Phi) is 8.08. The van der Waals surface area contributed by atoms with Crippen molar-refractivity contribution in [3.63, 3.8) is 0 Å². The van der Waals surface area contributed by atoms with Gasteiger partial charge in [-0.15, -0.1) is 0 Å². The Morgan fingerprint density at radius 1 is 1.06 bits per heavy atom. The molecule has 0 radical (unpaired) electrons. The van der Waals surface area contributed by atoms with E-state index >= 15 is 0 Å². The molecule has 0 bridgehead atoms. The summed E-state index contributed by atoms with van der Waals surface area (Å²) in [5.74, 6) is -1.62. The minimum absolute atomic E-state index is 0.135. The number of amides is 2. The number of ether oxygens (including phenoxy) is 1. The maximum Gasteiger partial charge on any atom is 0.269 e. The summed E-state index contributed by atoms with van der Waals surface area (Å²) in [6.45, 7) is -0.0619. The van der Waals surface area contributed by atoms with Crippen LogP contribution in [-0.4, -0.2) is 57.2 Å². The zero-order valence-electron chi connectivity index (χ0n) is 16.7. The molecule has 1 saturated heterocycles. The van der Waals surface area contributed by atoms with Crippen molar-refractivity contribution in [1.29, 1.82) is 0 Å². The Morgan fingerprint density at radius 2 is 1.72 bits per heavy atom. The van der Waals surface area contributed by atoms with E-state index in [4.69, 9.17) is 28.6 Å². The van der Waals surface area contributed by atoms with Gasteiger partial charge in [-0.2, -0.15) is 0 Å². The highest BCUT2D eigenvalue weighted by Gasteiger charge is 2.36. The van der Waals surface area contributed by atoms with Crippen LogP contribution in [-0.2, 0) is 20.9 Å². The summed E-state index contributed by atoms with van der Waals surface area (Å²) in [6, 6.07) is 15.4. The Labute approximate surface area is 194 Å². The molecule has 2 amide bonds. The van der Waals surface area contributed by atoms with Gasteiger partial charge in [0.05, 0.1) is 18.9 Å². The van der Waals surface area contributed by atoms with Gasteiger partial charge in [0.1, 0.15) is 23.9 Å². The zero-order chi connectivity index (χ0) is 23.3. The molecule has 3 atom stereocenters. The number of carbonyl (C=O) groups is 2. The van der Waals surface area contributed by atoms with Crippen molar-refractivity contribution in [3.8, 4) is 0 Å². The van der Waals surface area contributed by atoms with Crippen LogP contribution < -0.4 is 10.2 Å². The lowest BCUT2D eigenvalue weighted by molar-refractivity contribution is -0.122. The summed E-state index contributed by atoms with van der Waals surface area (Å²) in [4.78, 5) is 26.2. The maximum atomic E-state index is 12.9. The second kappa shape index (κ2) is 10.8. The van der Waals surface area contributed by atoms with Crippen molar-refractivity contribution in [3.05, 3.63) is 76.8 Å². The first-order valence-electron chi connectivity index (χ1n) is 9.61. The van der Waals surface area contributed by atoms with Gasteiger partial charge in [0.2, 0.25) is 0 Å². The first-order valence-corrected chi connectivity index (χ1v) is 10.4. The van der Waals surface area contributed by atoms with Crippen molar-refractivity contribution in [1.82, 2.24) is 5.32 Å². The largest absolute Gasteiger partial charge is 0.388 e. The number of aliphatic hydroxyl groups is 3. The fourth-order valence-corrected chi connectivity index (χ4v) is 3.38. The number of benzene rings is 2. The topological polar surface area (TPSA) is 119 Å². The fraction of sp³-hybridized carbons (Fsp3) is 0.227. The molecule has 2 aromatic rings. The number of nitrogens with one attached hydrogen (secondary N) is 1. The summed E-state index contributed by atoms with van der Waals surface area (Å²) in [5, 5.41) is 33.4. The van der Waals surface area contributed by atoms with Crippen LogP contribution in [0.3, 0.4) is 0 Å². The zero-order valence-corrected chi connectivity index (χ0v) is 18.3. The number of anilines is 1. The first kappa shape index (κ1) is 24.0. The average molecular weight is 477 g/mol. The van der Waals surface area contributed by atoms with E-state index in [0.717, 1.165) is 16.5 Å². The standard InChI is InChI=1S/C22H21ClN2O6S/c23-14-6-8-15(9-7-14)25-21(30)16(20(29)24-22(25)32)10-17(26)19(28)18(27)12-31-11-13-4-2-1-3-5-13/h1-10,17-19,26-28H,11-12H2,(H,24,29,32)/b16-10-/t17-,18+,19?/m0/s1. The van der Waals surface area contributed by atoms with Crippen LogP contribution in [0.1, 0.15) is 5.56 Å². The summed E-state index contributed by atoms with van der Waals surface area (Å²) in [5.41, 5.74) is 0.803. The molecule has 0 aliphatic carbocycles. The Morgan fingerprint density at radius 3 is 2.38 bits per heavy atom. The summed E-state index contributed by atoms with van der Waals surface area (Å²) in [7, 11) is 0. The molecule has 1 fully saturated rings. The molecule has 1 unspecified atom stereocenters. The van der Waals surface area contributed by atoms with Gasteiger partial charge >= 0.3 is 0 Å². The van der Waals surface area contributed by atoms with E-state index in [0.29, 0.717) is 10.7 Å². The number of carbonyl (C=O) groups excluding carboxylic acids is 2. The molecule has 4 N–H and O–H groups in total. The van der Waals surface area contributed by atoms with E-state index in [1.807, 2.05) is 30.3 Å². The van der Waals surface area contributed by atoms with Crippen LogP contribution >= 0.6 is 23.8 Å². The smallest absolute Gasteiger partial charge is 0.269 e. The normalized spacial score (nSPS) is 18.4. The number of nitrogens with zero attached hydrogens (tertiary/aromatic N) is 1. The number of hydrogen-bond donors (Lipinski definition) is 4. The lowest BCUT2D eigenvalue weighted by Crippen LogP contribution is -2.54. The summed E-state index contributed by atoms with van der Waals surface area (Å²) < 4.78 is 5.36. The predicted molar refractivity (Wildman–Crippen MR) is 122 cm³/mol. The number of halogens is 1. The molecular weight excluding hydrogens is 456 g/mol. The Bertz CT molecular complexity index is 1010. The molecule has 0 aromatic heterocycles. The molecule has 1 aliphatic heterocycles. The van der Waals surface area contributed by atoms with Crippen molar-refractivity contribution in [2.45, 2.75) is 24.9 Å². The Balaban J connectivity index is 1.67. The van der Waals surface area contributed by atoms with E-state index in [1.54, 1.807) is 24.3 Å². The van der Waals surface area contributed by atoms with Gasteiger partial charge < -0.3 is 20.1 Å². The van der Waals surface area contributed by atoms with E-state index in [-0.39, 0.29) is 18.3 Å². The molecular formula is C22H21ClN2O6S. The molecule has 0 spiro atoms. The molecule has 2 aromatic carbocycles. The number of aliphatic hydroxyl groups excluding tert-OH is 3. The molecule has 0 saturated carbocycles. The minimum Gasteiger partial charge on any atom is -0.388 e. The number of thiocarbonyl (C=S) groups is 1. The summed E-state index contributed by atoms with van der Waals surface area (Å²) in [6.07, 6.45) is -3.99. The third-order valence-corrected chi connectivity index (χ3v) is 5.20. The molecule has 3 rings (SSSR count). The number of hydrogen-bond acceptors (Lipinski definition) is 7. The molecule has 1 aliphatic rings. The predicted octanol–water partition coefficient (Wildman–Crippen LogP) is 1.31. The molecule has 32 heavy (non-hydrogen) atoms. The van der Waals surface area contributed by atoms with E-state index < -0.39 is 35.7 Å². The van der Waals surface area contributed by atoms with E-state index in [1.165, 1.54) is 0 Å². The average Bonchev–Trinajstić information content (AvgIpc) is 2.77. The van der Waals surface area contributed by atoms with Crippen molar-refractivity contribution >= 4 is 46.4 Å². The third-order valence-electron chi connectivity index (χ3n) is 4.67. The number of rotatable bonds is 8. The van der Waals surface area contributed by atoms with Gasteiger partial charge in [0, 0.05) is 5.02 Å². The highest BCUT2D eigenvalue weighted by atomic mass is 35.5.